The second kappa shape index (κ2) is 4.82. The van der Waals surface area contributed by atoms with Gasteiger partial charge in [-0.2, -0.15) is 0 Å². The fourth-order valence-electron chi connectivity index (χ4n) is 1.55. The van der Waals surface area contributed by atoms with E-state index in [1.165, 1.54) is 5.20 Å². The molecule has 0 bridgehead atoms. The number of allylic oxidation sites excluding steroid dienone is 1. The minimum atomic E-state index is -1.28. The maximum Gasteiger partial charge on any atom is 0.0753 e. The lowest BCUT2D eigenvalue weighted by atomic mass is 10.2. The molecule has 0 aromatic rings. The fraction of sp³-hybridized carbons (Fsp3) is 0.800. The van der Waals surface area contributed by atoms with Crippen LogP contribution in [0.5, 0.6) is 0 Å². The fourth-order valence-corrected chi connectivity index (χ4v) is 3.56. The van der Waals surface area contributed by atoms with E-state index in [2.05, 4.69) is 32.6 Å². The number of aliphatic hydroxyl groups excluding tert-OH is 1. The van der Waals surface area contributed by atoms with Gasteiger partial charge in [-0.25, -0.2) is 0 Å². The lowest BCUT2D eigenvalue weighted by molar-refractivity contribution is 0.205. The molecule has 0 spiro atoms. The first kappa shape index (κ1) is 11.9. The summed E-state index contributed by atoms with van der Waals surface area (Å²) >= 11 is 0. The Morgan fingerprint density at radius 3 is 2.17 bits per heavy atom. The van der Waals surface area contributed by atoms with E-state index >= 15 is 0 Å². The van der Waals surface area contributed by atoms with Crippen LogP contribution >= 0.6 is 0 Å². The number of hydrogen-bond acceptors (Lipinski definition) is 1. The Bertz CT molecular complexity index is 156. The van der Waals surface area contributed by atoms with Crippen molar-refractivity contribution in [1.82, 2.24) is 0 Å². The second-order valence-corrected chi connectivity index (χ2v) is 9.38. The highest BCUT2D eigenvalue weighted by molar-refractivity contribution is 6.83. The zero-order valence-corrected chi connectivity index (χ0v) is 10.0. The highest BCUT2D eigenvalue weighted by Crippen LogP contribution is 2.20. The summed E-state index contributed by atoms with van der Waals surface area (Å²) in [5.41, 5.74) is 0. The van der Waals surface area contributed by atoms with Gasteiger partial charge in [0, 0.05) is 0 Å². The lowest BCUT2D eigenvalue weighted by Crippen LogP contribution is -2.32. The van der Waals surface area contributed by atoms with Gasteiger partial charge in [0.15, 0.2) is 0 Å². The van der Waals surface area contributed by atoms with E-state index in [-0.39, 0.29) is 6.10 Å². The van der Waals surface area contributed by atoms with Crippen molar-refractivity contribution in [3.63, 3.8) is 0 Å². The van der Waals surface area contributed by atoms with Gasteiger partial charge in [0.1, 0.15) is 0 Å². The largest absolute Gasteiger partial charge is 0.389 e. The standard InChI is InChI=1S/C10H22OSi/c1-6-8-9(11)10(7-2)12(3,4)5/h7,9,11H,6,8H2,1-5H3. The molecule has 2 heteroatoms. The van der Waals surface area contributed by atoms with E-state index in [0.717, 1.165) is 12.8 Å². The van der Waals surface area contributed by atoms with Gasteiger partial charge >= 0.3 is 0 Å². The van der Waals surface area contributed by atoms with Crippen molar-refractivity contribution in [2.75, 3.05) is 0 Å². The predicted octanol–water partition coefficient (Wildman–Crippen LogP) is 2.97. The van der Waals surface area contributed by atoms with Gasteiger partial charge in [-0.05, 0) is 13.3 Å². The first-order chi connectivity index (χ1) is 5.43. The topological polar surface area (TPSA) is 20.2 Å². The summed E-state index contributed by atoms with van der Waals surface area (Å²) in [7, 11) is -1.28. The van der Waals surface area contributed by atoms with Crippen LogP contribution in [-0.2, 0) is 0 Å². The van der Waals surface area contributed by atoms with E-state index in [1.54, 1.807) is 0 Å². The van der Waals surface area contributed by atoms with Gasteiger partial charge in [0.05, 0.1) is 14.2 Å². The Labute approximate surface area is 77.5 Å². The van der Waals surface area contributed by atoms with Crippen LogP contribution in [0, 0.1) is 0 Å². The molecule has 12 heavy (non-hydrogen) atoms. The molecule has 0 aromatic heterocycles. The van der Waals surface area contributed by atoms with E-state index in [9.17, 15) is 5.11 Å². The molecule has 0 heterocycles. The molecule has 0 radical (unpaired) electrons. The average molecular weight is 186 g/mol. The highest BCUT2D eigenvalue weighted by Gasteiger charge is 2.23. The molecule has 0 rings (SSSR count). The van der Waals surface area contributed by atoms with Crippen molar-refractivity contribution < 1.29 is 5.11 Å². The quantitative estimate of drug-likeness (QED) is 0.669. The van der Waals surface area contributed by atoms with Gasteiger partial charge in [0.2, 0.25) is 0 Å². The molecule has 1 nitrogen and oxygen atoms in total. The third kappa shape index (κ3) is 3.54. The minimum Gasteiger partial charge on any atom is -0.389 e. The Hall–Kier alpha value is -0.0831. The molecule has 0 aliphatic carbocycles. The number of rotatable bonds is 4. The van der Waals surface area contributed by atoms with Crippen molar-refractivity contribution in [1.29, 1.82) is 0 Å². The molecule has 0 fully saturated rings. The van der Waals surface area contributed by atoms with Crippen LogP contribution in [0.2, 0.25) is 19.6 Å². The van der Waals surface area contributed by atoms with Crippen LogP contribution in [0.4, 0.5) is 0 Å². The van der Waals surface area contributed by atoms with E-state index in [1.807, 2.05) is 6.92 Å². The molecule has 0 saturated carbocycles. The maximum atomic E-state index is 9.81. The maximum absolute atomic E-state index is 9.81. The van der Waals surface area contributed by atoms with Crippen molar-refractivity contribution >= 4 is 8.07 Å². The molecular weight excluding hydrogens is 164 g/mol. The number of hydrogen-bond donors (Lipinski definition) is 1. The van der Waals surface area contributed by atoms with Crippen molar-refractivity contribution in [2.45, 2.75) is 52.4 Å². The first-order valence-corrected chi connectivity index (χ1v) is 8.28. The third-order valence-electron chi connectivity index (χ3n) is 2.10. The Kier molecular flexibility index (Phi) is 4.79. The third-order valence-corrected chi connectivity index (χ3v) is 4.45. The average Bonchev–Trinajstić information content (AvgIpc) is 1.85. The summed E-state index contributed by atoms with van der Waals surface area (Å²) in [4.78, 5) is 0. The molecule has 1 unspecified atom stereocenters. The monoisotopic (exact) mass is 186 g/mol. The highest BCUT2D eigenvalue weighted by atomic mass is 28.3. The van der Waals surface area contributed by atoms with Crippen LogP contribution in [0.25, 0.3) is 0 Å². The van der Waals surface area contributed by atoms with Crippen LogP contribution in [0.15, 0.2) is 11.3 Å². The predicted molar refractivity (Wildman–Crippen MR) is 58.0 cm³/mol. The van der Waals surface area contributed by atoms with Gasteiger partial charge in [-0.15, -0.1) is 0 Å². The van der Waals surface area contributed by atoms with Crippen LogP contribution < -0.4 is 0 Å². The van der Waals surface area contributed by atoms with E-state index in [4.69, 9.17) is 0 Å². The summed E-state index contributed by atoms with van der Waals surface area (Å²) in [6, 6.07) is 0. The summed E-state index contributed by atoms with van der Waals surface area (Å²) < 4.78 is 0. The van der Waals surface area contributed by atoms with Gasteiger partial charge in [-0.1, -0.05) is 44.3 Å². The molecule has 1 N–H and O–H groups in total. The zero-order valence-electron chi connectivity index (χ0n) is 9.02. The van der Waals surface area contributed by atoms with Crippen molar-refractivity contribution in [2.24, 2.45) is 0 Å². The molecule has 0 aliphatic rings. The Morgan fingerprint density at radius 1 is 1.42 bits per heavy atom. The zero-order chi connectivity index (χ0) is 9.78. The Morgan fingerprint density at radius 2 is 1.92 bits per heavy atom. The molecule has 0 aromatic carbocycles. The first-order valence-electron chi connectivity index (χ1n) is 4.78. The minimum absolute atomic E-state index is 0.188. The van der Waals surface area contributed by atoms with E-state index < -0.39 is 8.07 Å². The smallest absolute Gasteiger partial charge is 0.0753 e. The van der Waals surface area contributed by atoms with Gasteiger partial charge in [-0.3, -0.25) is 0 Å². The van der Waals surface area contributed by atoms with Gasteiger partial charge in [0.25, 0.3) is 0 Å². The normalized spacial score (nSPS) is 16.3. The summed E-state index contributed by atoms with van der Waals surface area (Å²) in [5, 5.41) is 11.1. The molecule has 0 amide bonds. The van der Waals surface area contributed by atoms with Crippen LogP contribution in [0.3, 0.4) is 0 Å². The summed E-state index contributed by atoms with van der Waals surface area (Å²) in [6.07, 6.45) is 3.88. The second-order valence-electron chi connectivity index (χ2n) is 4.30. The Balaban J connectivity index is 4.37. The number of aliphatic hydroxyl groups is 1. The van der Waals surface area contributed by atoms with E-state index in [0.29, 0.717) is 0 Å². The molecule has 0 aliphatic heterocycles. The molecule has 1 atom stereocenters. The lowest BCUT2D eigenvalue weighted by Gasteiger charge is -2.25. The molecule has 72 valence electrons. The molecule has 0 saturated heterocycles. The van der Waals surface area contributed by atoms with Crippen LogP contribution in [0.1, 0.15) is 26.7 Å². The van der Waals surface area contributed by atoms with Crippen molar-refractivity contribution in [3.05, 3.63) is 11.3 Å². The molecular formula is C10H22OSi. The van der Waals surface area contributed by atoms with Crippen molar-refractivity contribution in [3.8, 4) is 0 Å². The summed E-state index contributed by atoms with van der Waals surface area (Å²) in [6.45, 7) is 11.0. The SMILES string of the molecule is CC=C(C(O)CCC)[Si](C)(C)C. The van der Waals surface area contributed by atoms with Crippen LogP contribution in [-0.4, -0.2) is 19.3 Å². The summed E-state index contributed by atoms with van der Waals surface area (Å²) in [5.74, 6) is 0. The van der Waals surface area contributed by atoms with Gasteiger partial charge < -0.3 is 5.11 Å².